The molecule has 0 rings (SSSR count). The van der Waals surface area contributed by atoms with Gasteiger partial charge in [-0.15, -0.1) is 0 Å². The van der Waals surface area contributed by atoms with Crippen molar-refractivity contribution in [3.63, 3.8) is 0 Å². The second-order valence-electron chi connectivity index (χ2n) is 2.51. The first kappa shape index (κ1) is 9.14. The monoisotopic (exact) mass is 143 g/mol. The van der Waals surface area contributed by atoms with E-state index in [0.717, 1.165) is 6.29 Å². The number of primary amides is 1. The molecule has 0 unspecified atom stereocenters. The van der Waals surface area contributed by atoms with Gasteiger partial charge in [0.15, 0.2) is 0 Å². The molecular weight excluding hydrogens is 130 g/mol. The second kappa shape index (κ2) is 4.97. The van der Waals surface area contributed by atoms with E-state index < -0.39 is 0 Å². The Hall–Kier alpha value is -0.860. The highest BCUT2D eigenvalue weighted by Gasteiger charge is 2.02. The molecule has 0 bridgehead atoms. The summed E-state index contributed by atoms with van der Waals surface area (Å²) in [4.78, 5) is 20.2. The number of carbonyl (C=O) groups excluding carboxylic acids is 2. The maximum Gasteiger partial charge on any atom is 0.217 e. The molecule has 0 saturated heterocycles. The predicted octanol–water partition coefficient (Wildman–Crippen LogP) is 0.477. The standard InChI is InChI=1S/C7H13NO2/c1-6(4-5-9)2-3-7(8)10/h5-6H,2-4H2,1H3,(H2,8,10)/t6-/m0/s1. The van der Waals surface area contributed by atoms with E-state index in [-0.39, 0.29) is 11.8 Å². The fraction of sp³-hybridized carbons (Fsp3) is 0.714. The summed E-state index contributed by atoms with van der Waals surface area (Å²) in [5.41, 5.74) is 4.91. The lowest BCUT2D eigenvalue weighted by molar-refractivity contribution is -0.118. The average Bonchev–Trinajstić information content (AvgIpc) is 1.85. The SMILES string of the molecule is C[C@H](CC=O)CCC(N)=O. The lowest BCUT2D eigenvalue weighted by Gasteiger charge is -2.03. The summed E-state index contributed by atoms with van der Waals surface area (Å²) >= 11 is 0. The summed E-state index contributed by atoms with van der Waals surface area (Å²) in [5, 5.41) is 0. The third-order valence-corrected chi connectivity index (χ3v) is 1.38. The van der Waals surface area contributed by atoms with Gasteiger partial charge in [0.1, 0.15) is 6.29 Å². The molecule has 0 heterocycles. The largest absolute Gasteiger partial charge is 0.370 e. The summed E-state index contributed by atoms with van der Waals surface area (Å²) in [7, 11) is 0. The summed E-state index contributed by atoms with van der Waals surface area (Å²) in [6.07, 6.45) is 2.49. The van der Waals surface area contributed by atoms with Crippen LogP contribution in [0.1, 0.15) is 26.2 Å². The Bertz CT molecular complexity index is 123. The summed E-state index contributed by atoms with van der Waals surface area (Å²) < 4.78 is 0. The first-order chi connectivity index (χ1) is 4.66. The van der Waals surface area contributed by atoms with E-state index in [1.165, 1.54) is 0 Å². The van der Waals surface area contributed by atoms with Crippen LogP contribution in [0.25, 0.3) is 0 Å². The number of hydrogen-bond acceptors (Lipinski definition) is 2. The van der Waals surface area contributed by atoms with Crippen LogP contribution < -0.4 is 5.73 Å². The van der Waals surface area contributed by atoms with Gasteiger partial charge in [-0.2, -0.15) is 0 Å². The third-order valence-electron chi connectivity index (χ3n) is 1.38. The van der Waals surface area contributed by atoms with Gasteiger partial charge in [-0.25, -0.2) is 0 Å². The molecule has 0 spiro atoms. The van der Waals surface area contributed by atoms with Gasteiger partial charge in [0.05, 0.1) is 0 Å². The zero-order chi connectivity index (χ0) is 7.98. The maximum atomic E-state index is 10.2. The van der Waals surface area contributed by atoms with Gasteiger partial charge in [0.2, 0.25) is 5.91 Å². The van der Waals surface area contributed by atoms with Crippen molar-refractivity contribution in [2.45, 2.75) is 26.2 Å². The van der Waals surface area contributed by atoms with Gasteiger partial charge in [-0.3, -0.25) is 4.79 Å². The van der Waals surface area contributed by atoms with Crippen molar-refractivity contribution in [2.75, 3.05) is 0 Å². The van der Waals surface area contributed by atoms with Gasteiger partial charge in [0, 0.05) is 12.8 Å². The highest BCUT2D eigenvalue weighted by Crippen LogP contribution is 2.07. The molecule has 10 heavy (non-hydrogen) atoms. The van der Waals surface area contributed by atoms with Crippen LogP contribution in [0.15, 0.2) is 0 Å². The Morgan fingerprint density at radius 3 is 2.70 bits per heavy atom. The Morgan fingerprint density at radius 2 is 2.30 bits per heavy atom. The van der Waals surface area contributed by atoms with Crippen molar-refractivity contribution in [3.05, 3.63) is 0 Å². The molecule has 3 heteroatoms. The van der Waals surface area contributed by atoms with E-state index in [2.05, 4.69) is 0 Å². The first-order valence-electron chi connectivity index (χ1n) is 3.38. The van der Waals surface area contributed by atoms with E-state index in [1.54, 1.807) is 0 Å². The first-order valence-corrected chi connectivity index (χ1v) is 3.38. The number of amides is 1. The fourth-order valence-corrected chi connectivity index (χ4v) is 0.671. The molecule has 0 aromatic carbocycles. The van der Waals surface area contributed by atoms with Gasteiger partial charge in [-0.05, 0) is 12.3 Å². The highest BCUT2D eigenvalue weighted by atomic mass is 16.1. The predicted molar refractivity (Wildman–Crippen MR) is 38.3 cm³/mol. The molecule has 0 aliphatic carbocycles. The zero-order valence-electron chi connectivity index (χ0n) is 6.17. The smallest absolute Gasteiger partial charge is 0.217 e. The molecule has 0 aliphatic heterocycles. The summed E-state index contributed by atoms with van der Waals surface area (Å²) in [5.74, 6) is -0.0113. The molecule has 1 amide bonds. The van der Waals surface area contributed by atoms with E-state index in [9.17, 15) is 9.59 Å². The average molecular weight is 143 g/mol. The lowest BCUT2D eigenvalue weighted by Crippen LogP contribution is -2.11. The van der Waals surface area contributed by atoms with Crippen LogP contribution in [-0.2, 0) is 9.59 Å². The van der Waals surface area contributed by atoms with Crippen molar-refractivity contribution in [2.24, 2.45) is 11.7 Å². The minimum atomic E-state index is -0.294. The molecule has 0 radical (unpaired) electrons. The van der Waals surface area contributed by atoms with Crippen LogP contribution in [0.3, 0.4) is 0 Å². The van der Waals surface area contributed by atoms with Crippen molar-refractivity contribution in [3.8, 4) is 0 Å². The van der Waals surface area contributed by atoms with E-state index >= 15 is 0 Å². The molecule has 0 aromatic rings. The highest BCUT2D eigenvalue weighted by molar-refractivity contribution is 5.73. The van der Waals surface area contributed by atoms with Crippen LogP contribution in [-0.4, -0.2) is 12.2 Å². The molecular formula is C7H13NO2. The number of rotatable bonds is 5. The van der Waals surface area contributed by atoms with Gasteiger partial charge >= 0.3 is 0 Å². The van der Waals surface area contributed by atoms with Crippen LogP contribution in [0.4, 0.5) is 0 Å². The topological polar surface area (TPSA) is 60.2 Å². The third kappa shape index (κ3) is 5.28. The second-order valence-corrected chi connectivity index (χ2v) is 2.51. The Morgan fingerprint density at radius 1 is 1.70 bits per heavy atom. The quantitative estimate of drug-likeness (QED) is 0.569. The Kier molecular flexibility index (Phi) is 4.54. The minimum Gasteiger partial charge on any atom is -0.370 e. The number of nitrogens with two attached hydrogens (primary N) is 1. The number of carbonyl (C=O) groups is 2. The molecule has 0 aromatic heterocycles. The van der Waals surface area contributed by atoms with E-state index in [0.29, 0.717) is 19.3 Å². The maximum absolute atomic E-state index is 10.2. The van der Waals surface area contributed by atoms with Crippen LogP contribution in [0.2, 0.25) is 0 Å². The van der Waals surface area contributed by atoms with Gasteiger partial charge < -0.3 is 10.5 Å². The van der Waals surface area contributed by atoms with E-state index in [1.807, 2.05) is 6.92 Å². The minimum absolute atomic E-state index is 0.282. The Balaban J connectivity index is 3.29. The molecule has 1 atom stereocenters. The molecule has 0 aliphatic rings. The van der Waals surface area contributed by atoms with Crippen molar-refractivity contribution in [1.29, 1.82) is 0 Å². The van der Waals surface area contributed by atoms with Crippen molar-refractivity contribution in [1.82, 2.24) is 0 Å². The normalized spacial score (nSPS) is 12.5. The van der Waals surface area contributed by atoms with E-state index in [4.69, 9.17) is 5.73 Å². The molecule has 0 saturated carbocycles. The zero-order valence-corrected chi connectivity index (χ0v) is 6.17. The van der Waals surface area contributed by atoms with Crippen LogP contribution in [0.5, 0.6) is 0 Å². The number of aldehydes is 1. The van der Waals surface area contributed by atoms with Crippen molar-refractivity contribution >= 4 is 12.2 Å². The van der Waals surface area contributed by atoms with Gasteiger partial charge in [0.25, 0.3) is 0 Å². The molecule has 58 valence electrons. The molecule has 0 fully saturated rings. The number of hydrogen-bond donors (Lipinski definition) is 1. The fourth-order valence-electron chi connectivity index (χ4n) is 0.671. The Labute approximate surface area is 60.6 Å². The van der Waals surface area contributed by atoms with Crippen LogP contribution >= 0.6 is 0 Å². The van der Waals surface area contributed by atoms with Gasteiger partial charge in [-0.1, -0.05) is 6.92 Å². The lowest BCUT2D eigenvalue weighted by atomic mass is 10.0. The van der Waals surface area contributed by atoms with Crippen molar-refractivity contribution < 1.29 is 9.59 Å². The molecule has 3 nitrogen and oxygen atoms in total. The summed E-state index contributed by atoms with van der Waals surface area (Å²) in [6.45, 7) is 1.93. The van der Waals surface area contributed by atoms with Crippen LogP contribution in [0, 0.1) is 5.92 Å². The molecule has 2 N–H and O–H groups in total. The summed E-state index contributed by atoms with van der Waals surface area (Å²) in [6, 6.07) is 0.